The molecule has 1 aliphatic rings. The van der Waals surface area contributed by atoms with E-state index in [1.54, 1.807) is 42.5 Å². The number of carboxylic acids is 1. The molecule has 1 aromatic heterocycles. The second-order valence-electron chi connectivity index (χ2n) is 6.55. The van der Waals surface area contributed by atoms with Gasteiger partial charge in [-0.3, -0.25) is 14.5 Å². The van der Waals surface area contributed by atoms with Crippen molar-refractivity contribution in [2.24, 2.45) is 0 Å². The highest BCUT2D eigenvalue weighted by Gasteiger charge is 2.36. The average Bonchev–Trinajstić information content (AvgIpc) is 3.30. The first-order valence-corrected chi connectivity index (χ1v) is 10.5. The van der Waals surface area contributed by atoms with E-state index in [2.05, 4.69) is 0 Å². The molecule has 0 radical (unpaired) electrons. The molecular formula is C22H13Cl2NO5S. The third-order valence-electron chi connectivity index (χ3n) is 4.57. The first-order valence-electron chi connectivity index (χ1n) is 8.95. The van der Waals surface area contributed by atoms with Crippen molar-refractivity contribution in [2.45, 2.75) is 6.54 Å². The Hall–Kier alpha value is -3.00. The summed E-state index contributed by atoms with van der Waals surface area (Å²) in [6.07, 6.45) is 1.49. The summed E-state index contributed by atoms with van der Waals surface area (Å²) >= 11 is 13.1. The molecule has 9 heteroatoms. The molecule has 2 heterocycles. The summed E-state index contributed by atoms with van der Waals surface area (Å²) in [6, 6.07) is 14.6. The third kappa shape index (κ3) is 4.39. The van der Waals surface area contributed by atoms with Crippen LogP contribution in [0.4, 0.5) is 4.79 Å². The van der Waals surface area contributed by atoms with Gasteiger partial charge in [0.1, 0.15) is 11.5 Å². The predicted molar refractivity (Wildman–Crippen MR) is 119 cm³/mol. The van der Waals surface area contributed by atoms with Crippen molar-refractivity contribution in [2.75, 3.05) is 0 Å². The van der Waals surface area contributed by atoms with Crippen LogP contribution < -0.4 is 0 Å². The van der Waals surface area contributed by atoms with Gasteiger partial charge in [-0.05, 0) is 48.2 Å². The Morgan fingerprint density at radius 3 is 2.35 bits per heavy atom. The Morgan fingerprint density at radius 1 is 1.03 bits per heavy atom. The zero-order chi connectivity index (χ0) is 22.1. The first kappa shape index (κ1) is 21.2. The van der Waals surface area contributed by atoms with E-state index in [9.17, 15) is 14.4 Å². The average molecular weight is 474 g/mol. The summed E-state index contributed by atoms with van der Waals surface area (Å²) in [5.74, 6) is -0.584. The second-order valence-corrected chi connectivity index (χ2v) is 8.36. The summed E-state index contributed by atoms with van der Waals surface area (Å²) in [5, 5.41) is 9.31. The van der Waals surface area contributed by atoms with Gasteiger partial charge < -0.3 is 9.52 Å². The summed E-state index contributed by atoms with van der Waals surface area (Å²) in [6.45, 7) is -0.0279. The summed E-state index contributed by atoms with van der Waals surface area (Å²) in [4.78, 5) is 37.4. The molecule has 1 saturated heterocycles. The molecule has 1 N–H and O–H groups in total. The number of imide groups is 1. The van der Waals surface area contributed by atoms with E-state index in [1.807, 2.05) is 0 Å². The largest absolute Gasteiger partial charge is 0.478 e. The standard InChI is InChI=1S/C22H13Cl2NO5S/c23-16-2-1-3-17(24)15(16)11-25-20(26)19(31-22(25)29)10-14-8-9-18(30-14)12-4-6-13(7-5-12)21(27)28/h1-10H,11H2,(H,27,28)/b19-10-. The van der Waals surface area contributed by atoms with E-state index in [1.165, 1.54) is 18.2 Å². The highest BCUT2D eigenvalue weighted by molar-refractivity contribution is 8.18. The highest BCUT2D eigenvalue weighted by Crippen LogP contribution is 2.36. The molecule has 0 unspecified atom stereocenters. The number of furan rings is 1. The molecule has 1 aliphatic heterocycles. The van der Waals surface area contributed by atoms with Crippen LogP contribution >= 0.6 is 35.0 Å². The van der Waals surface area contributed by atoms with E-state index in [4.69, 9.17) is 32.7 Å². The van der Waals surface area contributed by atoms with Gasteiger partial charge in [-0.2, -0.15) is 0 Å². The summed E-state index contributed by atoms with van der Waals surface area (Å²) in [7, 11) is 0. The number of halogens is 2. The fourth-order valence-corrected chi connectivity index (χ4v) is 4.30. The molecule has 4 rings (SSSR count). The van der Waals surface area contributed by atoms with Crippen molar-refractivity contribution in [3.05, 3.63) is 86.4 Å². The number of hydrogen-bond acceptors (Lipinski definition) is 5. The van der Waals surface area contributed by atoms with Crippen LogP contribution in [0.15, 0.2) is 63.9 Å². The van der Waals surface area contributed by atoms with Crippen LogP contribution in [0.5, 0.6) is 0 Å². The molecule has 0 saturated carbocycles. The lowest BCUT2D eigenvalue weighted by Gasteiger charge is -2.14. The van der Waals surface area contributed by atoms with Gasteiger partial charge in [0.05, 0.1) is 17.0 Å². The Morgan fingerprint density at radius 2 is 1.71 bits per heavy atom. The van der Waals surface area contributed by atoms with Crippen molar-refractivity contribution < 1.29 is 23.9 Å². The Balaban J connectivity index is 1.54. The van der Waals surface area contributed by atoms with Crippen molar-refractivity contribution in [3.8, 4) is 11.3 Å². The van der Waals surface area contributed by atoms with Crippen LogP contribution in [0.3, 0.4) is 0 Å². The number of carbonyl (C=O) groups excluding carboxylic acids is 2. The molecule has 31 heavy (non-hydrogen) atoms. The van der Waals surface area contributed by atoms with E-state index in [0.717, 1.165) is 16.7 Å². The van der Waals surface area contributed by atoms with Gasteiger partial charge in [0, 0.05) is 27.2 Å². The minimum Gasteiger partial charge on any atom is -0.478 e. The number of carboxylic acid groups (broad SMARTS) is 1. The zero-order valence-electron chi connectivity index (χ0n) is 15.7. The molecule has 0 aliphatic carbocycles. The van der Waals surface area contributed by atoms with E-state index < -0.39 is 17.1 Å². The molecule has 3 aromatic rings. The number of thioether (sulfide) groups is 1. The van der Waals surface area contributed by atoms with Crippen molar-refractivity contribution >= 4 is 58.2 Å². The Bertz CT molecular complexity index is 1210. The van der Waals surface area contributed by atoms with Crippen LogP contribution in [-0.4, -0.2) is 27.1 Å². The van der Waals surface area contributed by atoms with Crippen LogP contribution in [0, 0.1) is 0 Å². The molecule has 0 bridgehead atoms. The molecule has 6 nitrogen and oxygen atoms in total. The zero-order valence-corrected chi connectivity index (χ0v) is 18.0. The van der Waals surface area contributed by atoms with Crippen molar-refractivity contribution in [1.82, 2.24) is 4.90 Å². The minimum atomic E-state index is -1.01. The van der Waals surface area contributed by atoms with E-state index >= 15 is 0 Å². The maximum Gasteiger partial charge on any atom is 0.335 e. The monoisotopic (exact) mass is 473 g/mol. The number of benzene rings is 2. The first-order chi connectivity index (χ1) is 14.8. The van der Waals surface area contributed by atoms with Crippen molar-refractivity contribution in [3.63, 3.8) is 0 Å². The smallest absolute Gasteiger partial charge is 0.335 e. The molecule has 0 atom stereocenters. The van der Waals surface area contributed by atoms with Crippen LogP contribution in [0.1, 0.15) is 21.7 Å². The molecule has 1 fully saturated rings. The molecular weight excluding hydrogens is 461 g/mol. The van der Waals surface area contributed by atoms with Crippen LogP contribution in [-0.2, 0) is 11.3 Å². The van der Waals surface area contributed by atoms with Gasteiger partial charge >= 0.3 is 5.97 Å². The predicted octanol–water partition coefficient (Wildman–Crippen LogP) is 6.19. The number of amides is 2. The van der Waals surface area contributed by atoms with Crippen LogP contribution in [0.2, 0.25) is 10.0 Å². The molecule has 2 aromatic carbocycles. The van der Waals surface area contributed by atoms with Gasteiger partial charge in [-0.15, -0.1) is 0 Å². The van der Waals surface area contributed by atoms with Gasteiger partial charge in [0.25, 0.3) is 11.1 Å². The Kier molecular flexibility index (Phi) is 5.91. The molecule has 2 amide bonds. The van der Waals surface area contributed by atoms with Crippen LogP contribution in [0.25, 0.3) is 17.4 Å². The fraction of sp³-hybridized carbons (Fsp3) is 0.0455. The van der Waals surface area contributed by atoms with Crippen molar-refractivity contribution in [1.29, 1.82) is 0 Å². The minimum absolute atomic E-state index is 0.0279. The van der Waals surface area contributed by atoms with Gasteiger partial charge in [0.2, 0.25) is 0 Å². The second kappa shape index (κ2) is 8.63. The van der Waals surface area contributed by atoms with Gasteiger partial charge in [-0.25, -0.2) is 4.79 Å². The SMILES string of the molecule is O=C(O)c1ccc(-c2ccc(/C=C3\SC(=O)N(Cc4c(Cl)cccc4Cl)C3=O)o2)cc1. The summed E-state index contributed by atoms with van der Waals surface area (Å²) in [5.41, 5.74) is 1.36. The number of nitrogens with zero attached hydrogens (tertiary/aromatic N) is 1. The highest BCUT2D eigenvalue weighted by atomic mass is 35.5. The lowest BCUT2D eigenvalue weighted by atomic mass is 10.1. The lowest BCUT2D eigenvalue weighted by molar-refractivity contribution is -0.123. The maximum atomic E-state index is 12.8. The molecule has 156 valence electrons. The number of rotatable bonds is 5. The number of carbonyl (C=O) groups is 3. The van der Waals surface area contributed by atoms with Gasteiger partial charge in [-0.1, -0.05) is 41.4 Å². The Labute approximate surface area is 191 Å². The van der Waals surface area contributed by atoms with E-state index in [-0.39, 0.29) is 17.0 Å². The maximum absolute atomic E-state index is 12.8. The summed E-state index contributed by atoms with van der Waals surface area (Å²) < 4.78 is 5.75. The third-order valence-corrected chi connectivity index (χ3v) is 6.18. The number of aromatic carboxylic acids is 1. The molecule has 0 spiro atoms. The number of hydrogen-bond donors (Lipinski definition) is 1. The quantitative estimate of drug-likeness (QED) is 0.444. The topological polar surface area (TPSA) is 87.8 Å². The lowest BCUT2D eigenvalue weighted by Crippen LogP contribution is -2.27. The van der Waals surface area contributed by atoms with Gasteiger partial charge in [0.15, 0.2) is 0 Å². The fourth-order valence-electron chi connectivity index (χ4n) is 2.97. The van der Waals surface area contributed by atoms with E-state index in [0.29, 0.717) is 32.7 Å². The normalized spacial score (nSPS) is 15.2.